The molecule has 0 aliphatic heterocycles. The van der Waals surface area contributed by atoms with Gasteiger partial charge in [-0.2, -0.15) is 0 Å². The molecule has 216 valence electrons. The largest absolute Gasteiger partial charge is 0.507 e. The number of phenolic OH excluding ortho intramolecular Hbond substituents is 2. The van der Waals surface area contributed by atoms with Crippen molar-refractivity contribution < 1.29 is 39.6 Å². The molecule has 4 aromatic rings. The number of aromatic amines is 1. The molecule has 0 radical (unpaired) electrons. The number of rotatable bonds is 8. The minimum atomic E-state index is -1.27. The molecule has 4 rings (SSSR count). The van der Waals surface area contributed by atoms with E-state index < -0.39 is 29.8 Å². The summed E-state index contributed by atoms with van der Waals surface area (Å²) in [7, 11) is 0. The highest BCUT2D eigenvalue weighted by molar-refractivity contribution is 6.04. The summed E-state index contributed by atoms with van der Waals surface area (Å²) in [6.07, 6.45) is 1.21. The van der Waals surface area contributed by atoms with Crippen LogP contribution in [0.15, 0.2) is 72.9 Å². The molecule has 0 saturated carbocycles. The molecular weight excluding hydrogens is 534 g/mol. The summed E-state index contributed by atoms with van der Waals surface area (Å²) >= 11 is 0. The Labute approximate surface area is 234 Å². The predicted octanol–water partition coefficient (Wildman–Crippen LogP) is 2.09. The predicted molar refractivity (Wildman–Crippen MR) is 152 cm³/mol. The van der Waals surface area contributed by atoms with Crippen LogP contribution in [0.4, 0.5) is 11.4 Å². The van der Waals surface area contributed by atoms with Crippen molar-refractivity contribution in [3.63, 3.8) is 0 Å². The van der Waals surface area contributed by atoms with Crippen LogP contribution in [0.25, 0.3) is 10.9 Å². The zero-order chi connectivity index (χ0) is 30.7. The number of aliphatic carboxylic acids is 2. The second kappa shape index (κ2) is 14.7. The molecule has 0 bridgehead atoms. The lowest BCUT2D eigenvalue weighted by Crippen LogP contribution is -2.32. The van der Waals surface area contributed by atoms with Gasteiger partial charge in [-0.05, 0) is 42.5 Å². The van der Waals surface area contributed by atoms with E-state index in [4.69, 9.17) is 33.1 Å². The number of aromatic nitrogens is 1. The van der Waals surface area contributed by atoms with Crippen LogP contribution in [0.1, 0.15) is 33.6 Å². The molecule has 13 heteroatoms. The number of para-hydroxylation sites is 2. The van der Waals surface area contributed by atoms with E-state index in [1.807, 2.05) is 24.4 Å². The van der Waals surface area contributed by atoms with E-state index in [1.54, 1.807) is 30.3 Å². The van der Waals surface area contributed by atoms with Gasteiger partial charge in [0.1, 0.15) is 23.6 Å². The number of nitrogens with one attached hydrogen (secondary N) is 1. The number of carboxylic acid groups (broad SMARTS) is 2. The highest BCUT2D eigenvalue weighted by Gasteiger charge is 2.20. The minimum Gasteiger partial charge on any atom is -0.507 e. The number of carboxylic acids is 2. The fourth-order valence-electron chi connectivity index (χ4n) is 3.41. The number of carbonyl (C=O) groups is 4. The lowest BCUT2D eigenvalue weighted by Gasteiger charge is -2.08. The first kappa shape index (κ1) is 31.8. The number of hydrogen-bond donors (Lipinski definition) is 9. The number of nitrogens with two attached hydrogens (primary N) is 4. The summed E-state index contributed by atoms with van der Waals surface area (Å²) in [5.41, 5.74) is 23.1. The SMILES string of the molecule is Nc1c(O)cccc1C(=O)CC(N)C(=O)O.Nc1ccccc1C(=O)CC(N)C(=O)O.Oc1cccc2[nH]ccc12. The normalized spacial score (nSPS) is 11.7. The van der Waals surface area contributed by atoms with E-state index in [-0.39, 0.29) is 35.6 Å². The minimum absolute atomic E-state index is 0.0647. The van der Waals surface area contributed by atoms with Gasteiger partial charge in [-0.15, -0.1) is 0 Å². The Morgan fingerprint density at radius 2 is 1.20 bits per heavy atom. The summed E-state index contributed by atoms with van der Waals surface area (Å²) in [5, 5.41) is 36.5. The highest BCUT2D eigenvalue weighted by Crippen LogP contribution is 2.25. The van der Waals surface area contributed by atoms with Crippen LogP contribution in [0.3, 0.4) is 0 Å². The van der Waals surface area contributed by atoms with Gasteiger partial charge in [-0.3, -0.25) is 19.2 Å². The maximum Gasteiger partial charge on any atom is 0.320 e. The molecule has 0 amide bonds. The van der Waals surface area contributed by atoms with Gasteiger partial charge in [0.05, 0.1) is 5.69 Å². The Morgan fingerprint density at radius 3 is 1.76 bits per heavy atom. The maximum atomic E-state index is 11.6. The Balaban J connectivity index is 0.000000220. The third kappa shape index (κ3) is 9.09. The summed E-state index contributed by atoms with van der Waals surface area (Å²) < 4.78 is 0. The Morgan fingerprint density at radius 1 is 0.683 bits per heavy atom. The fourth-order valence-corrected chi connectivity index (χ4v) is 3.41. The molecule has 2 unspecified atom stereocenters. The zero-order valence-electron chi connectivity index (χ0n) is 21.7. The fraction of sp³-hybridized carbons (Fsp3) is 0.143. The number of ketones is 2. The first-order valence-electron chi connectivity index (χ1n) is 12.0. The number of phenols is 2. The Hall–Kier alpha value is -5.40. The third-order valence-corrected chi connectivity index (χ3v) is 5.66. The van der Waals surface area contributed by atoms with Crippen LogP contribution in [0, 0.1) is 0 Å². The number of H-pyrrole nitrogens is 1. The quantitative estimate of drug-likeness (QED) is 0.0844. The topological polar surface area (TPSA) is 269 Å². The van der Waals surface area contributed by atoms with Gasteiger partial charge >= 0.3 is 11.9 Å². The molecule has 41 heavy (non-hydrogen) atoms. The number of carbonyl (C=O) groups excluding carboxylic acids is 2. The molecule has 0 saturated heterocycles. The summed E-state index contributed by atoms with van der Waals surface area (Å²) in [6.45, 7) is 0. The van der Waals surface area contributed by atoms with Crippen LogP contribution < -0.4 is 22.9 Å². The lowest BCUT2D eigenvalue weighted by molar-refractivity contribution is -0.139. The first-order chi connectivity index (χ1) is 19.3. The summed E-state index contributed by atoms with van der Waals surface area (Å²) in [6, 6.07) is 15.5. The molecule has 1 aromatic heterocycles. The van der Waals surface area contributed by atoms with Gasteiger partial charge < -0.3 is 48.3 Å². The van der Waals surface area contributed by atoms with Gasteiger partial charge in [-0.25, -0.2) is 0 Å². The number of hydrogen-bond acceptors (Lipinski definition) is 10. The second-order valence-electron chi connectivity index (χ2n) is 8.69. The van der Waals surface area contributed by atoms with Gasteiger partial charge in [0, 0.05) is 46.8 Å². The van der Waals surface area contributed by atoms with E-state index in [9.17, 15) is 29.4 Å². The lowest BCUT2D eigenvalue weighted by atomic mass is 10.0. The van der Waals surface area contributed by atoms with Crippen molar-refractivity contribution in [2.75, 3.05) is 11.5 Å². The van der Waals surface area contributed by atoms with E-state index >= 15 is 0 Å². The van der Waals surface area contributed by atoms with Crippen LogP contribution in [0.5, 0.6) is 11.5 Å². The van der Waals surface area contributed by atoms with Crippen LogP contribution >= 0.6 is 0 Å². The number of nitrogen functional groups attached to an aromatic ring is 2. The molecule has 13 N–H and O–H groups in total. The van der Waals surface area contributed by atoms with Crippen molar-refractivity contribution in [3.8, 4) is 11.5 Å². The van der Waals surface area contributed by atoms with Crippen molar-refractivity contribution in [2.45, 2.75) is 24.9 Å². The molecule has 1 heterocycles. The monoisotopic (exact) mass is 565 g/mol. The molecular formula is C28H31N5O8. The van der Waals surface area contributed by atoms with Crippen molar-refractivity contribution >= 4 is 45.8 Å². The number of Topliss-reactive ketones (excluding diaryl/α,β-unsaturated/α-hetero) is 2. The molecule has 0 aliphatic carbocycles. The van der Waals surface area contributed by atoms with Crippen LogP contribution in [-0.4, -0.2) is 61.0 Å². The molecule has 0 fully saturated rings. The second-order valence-corrected chi connectivity index (χ2v) is 8.69. The van der Waals surface area contributed by atoms with Crippen molar-refractivity contribution in [2.24, 2.45) is 11.5 Å². The Bertz CT molecular complexity index is 1530. The summed E-state index contributed by atoms with van der Waals surface area (Å²) in [4.78, 5) is 47.1. The molecule has 13 nitrogen and oxygen atoms in total. The average molecular weight is 566 g/mol. The first-order valence-corrected chi connectivity index (χ1v) is 12.0. The van der Waals surface area contributed by atoms with Crippen LogP contribution in [0.2, 0.25) is 0 Å². The standard InChI is InChI=1S/C10H12N2O4.C10H12N2O3.C8H7NO/c11-6(10(15)16)4-8(14)5-2-1-3-7(13)9(5)12;11-7-4-2-1-3-6(7)9(13)5-8(12)10(14)15;10-8-3-1-2-7-6(8)4-5-9-7/h1-3,6,13H,4,11-12H2,(H,15,16);1-4,8H,5,11-12H2,(H,14,15);1-5,9-10H. The van der Waals surface area contributed by atoms with E-state index in [2.05, 4.69) is 4.98 Å². The maximum absolute atomic E-state index is 11.6. The highest BCUT2D eigenvalue weighted by atomic mass is 16.4. The number of fused-ring (bicyclic) bond motifs is 1. The van der Waals surface area contributed by atoms with Gasteiger partial charge in [0.25, 0.3) is 0 Å². The van der Waals surface area contributed by atoms with Crippen molar-refractivity contribution in [1.82, 2.24) is 4.98 Å². The van der Waals surface area contributed by atoms with Crippen molar-refractivity contribution in [1.29, 1.82) is 0 Å². The third-order valence-electron chi connectivity index (χ3n) is 5.66. The smallest absolute Gasteiger partial charge is 0.320 e. The van der Waals surface area contributed by atoms with Gasteiger partial charge in [0.2, 0.25) is 0 Å². The van der Waals surface area contributed by atoms with E-state index in [0.717, 1.165) is 10.9 Å². The molecule has 3 aromatic carbocycles. The van der Waals surface area contributed by atoms with E-state index in [1.165, 1.54) is 18.2 Å². The summed E-state index contributed by atoms with van der Waals surface area (Å²) in [5.74, 6) is -3.20. The molecule has 0 spiro atoms. The van der Waals surface area contributed by atoms with Crippen molar-refractivity contribution in [3.05, 3.63) is 84.1 Å². The Kier molecular flexibility index (Phi) is 11.4. The number of aromatic hydroxyl groups is 2. The molecule has 2 atom stereocenters. The van der Waals surface area contributed by atoms with E-state index in [0.29, 0.717) is 17.0 Å². The average Bonchev–Trinajstić information content (AvgIpc) is 3.41. The van der Waals surface area contributed by atoms with Gasteiger partial charge in [0.15, 0.2) is 11.6 Å². The van der Waals surface area contributed by atoms with Gasteiger partial charge in [-0.1, -0.05) is 24.3 Å². The number of benzene rings is 3. The molecule has 0 aliphatic rings. The number of anilines is 2. The zero-order valence-corrected chi connectivity index (χ0v) is 21.7. The van der Waals surface area contributed by atoms with Crippen LogP contribution in [-0.2, 0) is 9.59 Å².